The predicted octanol–water partition coefficient (Wildman–Crippen LogP) is 11.0. The fraction of sp³-hybridized carbons (Fsp3) is 0.133. The van der Waals surface area contributed by atoms with E-state index in [-0.39, 0.29) is 18.5 Å². The van der Waals surface area contributed by atoms with E-state index in [4.69, 9.17) is 14.2 Å². The van der Waals surface area contributed by atoms with Crippen molar-refractivity contribution >= 4 is 44.6 Å². The summed E-state index contributed by atoms with van der Waals surface area (Å²) in [6.07, 6.45) is 0. The molecule has 0 saturated heterocycles. The Morgan fingerprint density at radius 1 is 0.580 bits per heavy atom. The van der Waals surface area contributed by atoms with E-state index in [1.54, 1.807) is 0 Å². The molecule has 0 saturated carbocycles. The molecule has 0 unspecified atom stereocenters. The zero-order valence-corrected chi connectivity index (χ0v) is 28.1. The number of carbonyl (C=O) groups excluding carboxylic acids is 1. The maximum Gasteiger partial charge on any atom is 0.338 e. The molecule has 0 bridgehead atoms. The Bertz CT molecular complexity index is 2180. The van der Waals surface area contributed by atoms with Crippen LogP contribution in [0.1, 0.15) is 21.5 Å². The number of rotatable bonds is 6. The highest BCUT2D eigenvalue weighted by Crippen LogP contribution is 2.46. The Balaban J connectivity index is 1.03. The summed E-state index contributed by atoms with van der Waals surface area (Å²) < 4.78 is 19.0. The van der Waals surface area contributed by atoms with E-state index in [1.807, 2.05) is 48.5 Å². The van der Waals surface area contributed by atoms with Crippen LogP contribution in [0.5, 0.6) is 11.5 Å². The third-order valence-electron chi connectivity index (χ3n) is 9.38. The minimum Gasteiger partial charge on any atom is -0.492 e. The Labute approximate surface area is 292 Å². The lowest BCUT2D eigenvalue weighted by atomic mass is 9.92. The molecule has 246 valence electrons. The van der Waals surface area contributed by atoms with Crippen molar-refractivity contribution in [3.63, 3.8) is 0 Å². The van der Waals surface area contributed by atoms with Gasteiger partial charge in [-0.15, -0.1) is 0 Å². The first-order valence-electron chi connectivity index (χ1n) is 17.0. The van der Waals surface area contributed by atoms with Gasteiger partial charge in [0.05, 0.1) is 24.7 Å². The Kier molecular flexibility index (Phi) is 8.39. The number of nitrogens with zero attached hydrogens (tertiary/aromatic N) is 1. The molecule has 0 fully saturated rings. The lowest BCUT2D eigenvalue weighted by Gasteiger charge is -2.26. The topological polar surface area (TPSA) is 48.0 Å². The Morgan fingerprint density at radius 2 is 1.02 bits per heavy atom. The van der Waals surface area contributed by atoms with Crippen LogP contribution in [0.3, 0.4) is 0 Å². The molecule has 0 aliphatic carbocycles. The molecule has 8 rings (SSSR count). The molecular weight excluding hydrogens is 618 g/mol. The van der Waals surface area contributed by atoms with E-state index >= 15 is 0 Å². The number of anilines is 3. The van der Waals surface area contributed by atoms with E-state index in [0.717, 1.165) is 61.2 Å². The lowest BCUT2D eigenvalue weighted by Crippen LogP contribution is -2.26. The third kappa shape index (κ3) is 6.14. The average Bonchev–Trinajstić information content (AvgIpc) is 3.23. The van der Waals surface area contributed by atoms with Gasteiger partial charge in [0.2, 0.25) is 0 Å². The molecular formula is C45H37NO4. The standard InChI is InChI=1S/C45H37NO4/c1-30-11-19-36(20-12-30)46(37-21-13-31(2)14-22-37)38-23-15-35(16-24-38)45(47)50-29-32-27-48-41-25-17-33-7-3-5-9-39(33)43(41)44-40-10-6-4-8-34(40)18-26-42(44)49-28-32/h3-26,32H,27-29H2,1-2H3. The number of esters is 1. The third-order valence-corrected chi connectivity index (χ3v) is 9.38. The SMILES string of the molecule is Cc1ccc(N(c2ccc(C)cc2)c2ccc(C(=O)OCC3COc4ccc5ccccc5c4-c4c(ccc5ccccc45)OC3)cc2)cc1. The van der Waals surface area contributed by atoms with Crippen molar-refractivity contribution < 1.29 is 19.0 Å². The zero-order valence-electron chi connectivity index (χ0n) is 28.1. The Hall–Kier alpha value is -6.07. The summed E-state index contributed by atoms with van der Waals surface area (Å²) in [5.41, 5.74) is 7.93. The minimum atomic E-state index is -0.383. The quantitative estimate of drug-likeness (QED) is 0.167. The van der Waals surface area contributed by atoms with Gasteiger partial charge in [-0.1, -0.05) is 96.1 Å². The summed E-state index contributed by atoms with van der Waals surface area (Å²) >= 11 is 0. The van der Waals surface area contributed by atoms with Crippen molar-refractivity contribution in [2.24, 2.45) is 5.92 Å². The van der Waals surface area contributed by atoms with Gasteiger partial charge >= 0.3 is 5.97 Å². The molecule has 5 nitrogen and oxygen atoms in total. The molecule has 0 spiro atoms. The van der Waals surface area contributed by atoms with Gasteiger partial charge in [-0.25, -0.2) is 4.79 Å². The summed E-state index contributed by atoms with van der Waals surface area (Å²) in [6, 6.07) is 49.4. The average molecular weight is 656 g/mol. The van der Waals surface area contributed by atoms with Crippen LogP contribution in [-0.4, -0.2) is 25.8 Å². The van der Waals surface area contributed by atoms with Gasteiger partial charge in [0.15, 0.2) is 0 Å². The van der Waals surface area contributed by atoms with Crippen molar-refractivity contribution in [1.29, 1.82) is 0 Å². The van der Waals surface area contributed by atoms with Crippen LogP contribution in [0.15, 0.2) is 146 Å². The molecule has 50 heavy (non-hydrogen) atoms. The van der Waals surface area contributed by atoms with Gasteiger partial charge in [0, 0.05) is 28.2 Å². The van der Waals surface area contributed by atoms with Crippen molar-refractivity contribution in [3.8, 4) is 22.6 Å². The molecule has 1 aliphatic rings. The molecule has 1 heterocycles. The van der Waals surface area contributed by atoms with Crippen LogP contribution < -0.4 is 14.4 Å². The maximum absolute atomic E-state index is 13.4. The number of carbonyl (C=O) groups is 1. The summed E-state index contributed by atoms with van der Waals surface area (Å²) in [5.74, 6) is 0.996. The monoisotopic (exact) mass is 655 g/mol. The lowest BCUT2D eigenvalue weighted by molar-refractivity contribution is 0.0343. The molecule has 7 aromatic rings. The van der Waals surface area contributed by atoms with E-state index in [9.17, 15) is 4.79 Å². The van der Waals surface area contributed by atoms with Crippen LogP contribution in [0.2, 0.25) is 0 Å². The van der Waals surface area contributed by atoms with Crippen molar-refractivity contribution in [3.05, 3.63) is 162 Å². The van der Waals surface area contributed by atoms with Crippen molar-refractivity contribution in [2.75, 3.05) is 24.7 Å². The van der Waals surface area contributed by atoms with Gasteiger partial charge in [0.25, 0.3) is 0 Å². The fourth-order valence-corrected chi connectivity index (χ4v) is 6.68. The van der Waals surface area contributed by atoms with Crippen molar-refractivity contribution in [1.82, 2.24) is 0 Å². The van der Waals surface area contributed by atoms with Gasteiger partial charge in [0.1, 0.15) is 18.1 Å². The number of benzene rings is 7. The molecule has 0 N–H and O–H groups in total. The number of aryl methyl sites for hydroxylation is 2. The second-order valence-electron chi connectivity index (χ2n) is 13.0. The largest absolute Gasteiger partial charge is 0.492 e. The Morgan fingerprint density at radius 3 is 1.50 bits per heavy atom. The number of hydrogen-bond donors (Lipinski definition) is 0. The smallest absolute Gasteiger partial charge is 0.338 e. The van der Waals surface area contributed by atoms with Crippen LogP contribution in [0.4, 0.5) is 17.1 Å². The van der Waals surface area contributed by atoms with Crippen molar-refractivity contribution in [2.45, 2.75) is 13.8 Å². The maximum atomic E-state index is 13.4. The highest BCUT2D eigenvalue weighted by atomic mass is 16.5. The van der Waals surface area contributed by atoms with Gasteiger partial charge < -0.3 is 19.1 Å². The van der Waals surface area contributed by atoms with Gasteiger partial charge in [-0.2, -0.15) is 0 Å². The van der Waals surface area contributed by atoms with E-state index < -0.39 is 0 Å². The van der Waals surface area contributed by atoms with Crippen LogP contribution in [0.25, 0.3) is 32.7 Å². The molecule has 0 atom stereocenters. The molecule has 0 radical (unpaired) electrons. The van der Waals surface area contributed by atoms with E-state index in [1.165, 1.54) is 11.1 Å². The minimum absolute atomic E-state index is 0.158. The molecule has 5 heteroatoms. The zero-order chi connectivity index (χ0) is 34.0. The number of hydrogen-bond acceptors (Lipinski definition) is 5. The first-order chi connectivity index (χ1) is 24.5. The predicted molar refractivity (Wildman–Crippen MR) is 202 cm³/mol. The highest BCUT2D eigenvalue weighted by molar-refractivity contribution is 6.09. The van der Waals surface area contributed by atoms with E-state index in [0.29, 0.717) is 18.8 Å². The molecule has 1 aliphatic heterocycles. The van der Waals surface area contributed by atoms with Crippen LogP contribution in [-0.2, 0) is 4.74 Å². The summed E-state index contributed by atoms with van der Waals surface area (Å²) in [4.78, 5) is 15.6. The molecule has 0 amide bonds. The second-order valence-corrected chi connectivity index (χ2v) is 13.0. The summed E-state index contributed by atoms with van der Waals surface area (Å²) in [7, 11) is 0. The normalized spacial score (nSPS) is 12.8. The molecule has 7 aromatic carbocycles. The summed E-state index contributed by atoms with van der Waals surface area (Å²) in [6.45, 7) is 5.00. The number of fused-ring (bicyclic) bond motifs is 7. The van der Waals surface area contributed by atoms with Gasteiger partial charge in [-0.05, 0) is 96.1 Å². The van der Waals surface area contributed by atoms with Crippen LogP contribution in [0, 0.1) is 19.8 Å². The summed E-state index contributed by atoms with van der Waals surface area (Å²) in [5, 5.41) is 4.46. The highest BCUT2D eigenvalue weighted by Gasteiger charge is 2.24. The molecule has 0 aromatic heterocycles. The fourth-order valence-electron chi connectivity index (χ4n) is 6.68. The number of ether oxygens (including phenoxy) is 3. The first kappa shape index (κ1) is 31.2. The van der Waals surface area contributed by atoms with Crippen LogP contribution >= 0.6 is 0 Å². The first-order valence-corrected chi connectivity index (χ1v) is 17.0. The second kappa shape index (κ2) is 13.4. The van der Waals surface area contributed by atoms with E-state index in [2.05, 4.69) is 116 Å². The van der Waals surface area contributed by atoms with Gasteiger partial charge in [-0.3, -0.25) is 0 Å².